The molecule has 1 saturated heterocycles. The second kappa shape index (κ2) is 8.68. The van der Waals surface area contributed by atoms with Crippen molar-refractivity contribution in [3.05, 3.63) is 65.7 Å². The first-order valence-electron chi connectivity index (χ1n) is 8.96. The standard InChI is InChI=1S/C21H24N2O4/c1-14(26-2)19-21(25)22-18(20(24)23-19)12-15-8-10-17(11-9-15)27-13-16-6-4-3-5-7-16/h3-11,14,18-19H,12-13H2,1-2H3,(H,22,25)(H,23,24)/t14-,18+,19+/m1/s1. The Kier molecular flexibility index (Phi) is 6.08. The van der Waals surface area contributed by atoms with Gasteiger partial charge in [-0.3, -0.25) is 9.59 Å². The van der Waals surface area contributed by atoms with Crippen LogP contribution in [0.3, 0.4) is 0 Å². The van der Waals surface area contributed by atoms with Crippen LogP contribution in [0.15, 0.2) is 54.6 Å². The van der Waals surface area contributed by atoms with Gasteiger partial charge in [0.25, 0.3) is 0 Å². The van der Waals surface area contributed by atoms with Gasteiger partial charge in [-0.25, -0.2) is 0 Å². The van der Waals surface area contributed by atoms with E-state index in [0.717, 1.165) is 16.9 Å². The molecule has 2 amide bonds. The van der Waals surface area contributed by atoms with Crippen molar-refractivity contribution in [3.63, 3.8) is 0 Å². The highest BCUT2D eigenvalue weighted by molar-refractivity contribution is 5.97. The number of piperazine rings is 1. The van der Waals surface area contributed by atoms with Crippen LogP contribution in [0.5, 0.6) is 5.75 Å². The average molecular weight is 368 g/mol. The van der Waals surface area contributed by atoms with Crippen molar-refractivity contribution in [2.45, 2.75) is 38.1 Å². The summed E-state index contributed by atoms with van der Waals surface area (Å²) in [5.74, 6) is 0.332. The van der Waals surface area contributed by atoms with E-state index < -0.39 is 12.1 Å². The van der Waals surface area contributed by atoms with Crippen LogP contribution in [0, 0.1) is 0 Å². The normalized spacial score (nSPS) is 20.5. The van der Waals surface area contributed by atoms with Gasteiger partial charge in [0.05, 0.1) is 6.10 Å². The number of ether oxygens (including phenoxy) is 2. The van der Waals surface area contributed by atoms with Crippen molar-refractivity contribution in [3.8, 4) is 5.75 Å². The Hall–Kier alpha value is -2.86. The molecule has 0 bridgehead atoms. The maximum absolute atomic E-state index is 12.3. The van der Waals surface area contributed by atoms with Crippen molar-refractivity contribution in [2.75, 3.05) is 7.11 Å². The van der Waals surface area contributed by atoms with Gasteiger partial charge >= 0.3 is 0 Å². The molecule has 0 aliphatic carbocycles. The van der Waals surface area contributed by atoms with E-state index in [2.05, 4.69) is 10.6 Å². The fourth-order valence-corrected chi connectivity index (χ4v) is 2.96. The Morgan fingerprint density at radius 3 is 2.30 bits per heavy atom. The van der Waals surface area contributed by atoms with Crippen molar-refractivity contribution in [1.82, 2.24) is 10.6 Å². The first-order chi connectivity index (χ1) is 13.1. The van der Waals surface area contributed by atoms with Crippen LogP contribution in [0.4, 0.5) is 0 Å². The second-order valence-corrected chi connectivity index (χ2v) is 6.61. The molecule has 142 valence electrons. The highest BCUT2D eigenvalue weighted by atomic mass is 16.5. The largest absolute Gasteiger partial charge is 0.489 e. The van der Waals surface area contributed by atoms with Gasteiger partial charge in [-0.15, -0.1) is 0 Å². The SMILES string of the molecule is CO[C@H](C)[C@@H]1NC(=O)[C@H](Cc2ccc(OCc3ccccc3)cc2)NC1=O. The third-order valence-corrected chi connectivity index (χ3v) is 4.67. The third kappa shape index (κ3) is 4.86. The first-order valence-corrected chi connectivity index (χ1v) is 8.96. The van der Waals surface area contributed by atoms with Gasteiger partial charge in [-0.2, -0.15) is 0 Å². The van der Waals surface area contributed by atoms with E-state index in [9.17, 15) is 9.59 Å². The number of nitrogens with one attached hydrogen (secondary N) is 2. The molecule has 2 N–H and O–H groups in total. The number of carbonyl (C=O) groups excluding carboxylic acids is 2. The molecule has 2 aromatic rings. The Labute approximate surface area is 158 Å². The summed E-state index contributed by atoms with van der Waals surface area (Å²) in [5, 5.41) is 5.52. The summed E-state index contributed by atoms with van der Waals surface area (Å²) in [6.45, 7) is 2.25. The molecule has 1 fully saturated rings. The predicted molar refractivity (Wildman–Crippen MR) is 101 cm³/mol. The van der Waals surface area contributed by atoms with Gasteiger partial charge < -0.3 is 20.1 Å². The van der Waals surface area contributed by atoms with Crippen molar-refractivity contribution in [2.24, 2.45) is 0 Å². The number of carbonyl (C=O) groups is 2. The molecule has 3 rings (SSSR count). The van der Waals surface area contributed by atoms with E-state index in [1.54, 1.807) is 6.92 Å². The summed E-state index contributed by atoms with van der Waals surface area (Å²) in [7, 11) is 1.51. The van der Waals surface area contributed by atoms with Gasteiger partial charge in [-0.1, -0.05) is 42.5 Å². The Morgan fingerprint density at radius 1 is 0.926 bits per heavy atom. The Morgan fingerprint density at radius 2 is 1.63 bits per heavy atom. The van der Waals surface area contributed by atoms with Crippen LogP contribution < -0.4 is 15.4 Å². The van der Waals surface area contributed by atoms with Crippen LogP contribution >= 0.6 is 0 Å². The van der Waals surface area contributed by atoms with E-state index in [0.29, 0.717) is 13.0 Å². The molecule has 27 heavy (non-hydrogen) atoms. The minimum Gasteiger partial charge on any atom is -0.489 e. The molecule has 0 radical (unpaired) electrons. The zero-order chi connectivity index (χ0) is 19.2. The zero-order valence-corrected chi connectivity index (χ0v) is 15.5. The van der Waals surface area contributed by atoms with Crippen LogP contribution in [0.2, 0.25) is 0 Å². The summed E-state index contributed by atoms with van der Waals surface area (Å²) in [5.41, 5.74) is 2.05. The fraction of sp³-hybridized carbons (Fsp3) is 0.333. The van der Waals surface area contributed by atoms with Gasteiger partial charge in [0.15, 0.2) is 0 Å². The van der Waals surface area contributed by atoms with Crippen molar-refractivity contribution < 1.29 is 19.1 Å². The maximum atomic E-state index is 12.3. The van der Waals surface area contributed by atoms with Crippen molar-refractivity contribution in [1.29, 1.82) is 0 Å². The first kappa shape index (κ1) is 18.9. The smallest absolute Gasteiger partial charge is 0.245 e. The van der Waals surface area contributed by atoms with E-state index in [4.69, 9.17) is 9.47 Å². The number of rotatable bonds is 7. The number of amides is 2. The molecule has 1 aliphatic rings. The molecule has 6 heteroatoms. The van der Waals surface area contributed by atoms with Gasteiger partial charge in [0.1, 0.15) is 24.4 Å². The molecule has 6 nitrogen and oxygen atoms in total. The number of hydrogen-bond donors (Lipinski definition) is 2. The summed E-state index contributed by atoms with van der Waals surface area (Å²) >= 11 is 0. The molecule has 0 spiro atoms. The second-order valence-electron chi connectivity index (χ2n) is 6.61. The lowest BCUT2D eigenvalue weighted by molar-refractivity contribution is -0.139. The predicted octanol–water partition coefficient (Wildman–Crippen LogP) is 1.83. The van der Waals surface area contributed by atoms with E-state index in [1.165, 1.54) is 7.11 Å². The Bertz CT molecular complexity index is 777. The highest BCUT2D eigenvalue weighted by Crippen LogP contribution is 2.16. The van der Waals surface area contributed by atoms with E-state index in [1.807, 2.05) is 54.6 Å². The minimum absolute atomic E-state index is 0.201. The Balaban J connectivity index is 1.55. The summed E-state index contributed by atoms with van der Waals surface area (Å²) in [4.78, 5) is 24.5. The lowest BCUT2D eigenvalue weighted by Crippen LogP contribution is -2.65. The van der Waals surface area contributed by atoms with Crippen LogP contribution in [-0.2, 0) is 27.4 Å². The molecule has 0 unspecified atom stereocenters. The quantitative estimate of drug-likeness (QED) is 0.782. The van der Waals surface area contributed by atoms with Crippen molar-refractivity contribution >= 4 is 11.8 Å². The van der Waals surface area contributed by atoms with E-state index in [-0.39, 0.29) is 17.9 Å². The fourth-order valence-electron chi connectivity index (χ4n) is 2.96. The zero-order valence-electron chi connectivity index (χ0n) is 15.5. The molecule has 1 aliphatic heterocycles. The number of benzene rings is 2. The lowest BCUT2D eigenvalue weighted by atomic mass is 10.0. The lowest BCUT2D eigenvalue weighted by Gasteiger charge is -2.32. The van der Waals surface area contributed by atoms with Crippen LogP contribution in [-0.4, -0.2) is 37.1 Å². The topological polar surface area (TPSA) is 76.7 Å². The molecule has 3 atom stereocenters. The number of methoxy groups -OCH3 is 1. The molecule has 0 saturated carbocycles. The number of hydrogen-bond acceptors (Lipinski definition) is 4. The molecular weight excluding hydrogens is 344 g/mol. The van der Waals surface area contributed by atoms with E-state index >= 15 is 0 Å². The summed E-state index contributed by atoms with van der Waals surface area (Å²) < 4.78 is 10.9. The highest BCUT2D eigenvalue weighted by Gasteiger charge is 2.36. The monoisotopic (exact) mass is 368 g/mol. The summed E-state index contributed by atoms with van der Waals surface area (Å²) in [6, 6.07) is 16.2. The summed E-state index contributed by atoms with van der Waals surface area (Å²) in [6.07, 6.45) is 0.0425. The molecular formula is C21H24N2O4. The van der Waals surface area contributed by atoms with Gasteiger partial charge in [0, 0.05) is 13.5 Å². The molecule has 0 aromatic heterocycles. The maximum Gasteiger partial charge on any atom is 0.245 e. The van der Waals surface area contributed by atoms with Crippen LogP contribution in [0.1, 0.15) is 18.1 Å². The average Bonchev–Trinajstić information content (AvgIpc) is 2.70. The van der Waals surface area contributed by atoms with Crippen LogP contribution in [0.25, 0.3) is 0 Å². The van der Waals surface area contributed by atoms with Gasteiger partial charge in [-0.05, 0) is 30.2 Å². The van der Waals surface area contributed by atoms with Gasteiger partial charge in [0.2, 0.25) is 11.8 Å². The molecule has 1 heterocycles. The minimum atomic E-state index is -0.660. The third-order valence-electron chi connectivity index (χ3n) is 4.67. The molecule has 2 aromatic carbocycles.